The van der Waals surface area contributed by atoms with Crippen LogP contribution in [-0.2, 0) is 9.13 Å². The lowest BCUT2D eigenvalue weighted by molar-refractivity contribution is 0.476. The molecule has 0 saturated carbocycles. The van der Waals surface area contributed by atoms with Gasteiger partial charge in [-0.15, -0.1) is 0 Å². The van der Waals surface area contributed by atoms with Crippen molar-refractivity contribution in [2.24, 2.45) is 5.41 Å². The van der Waals surface area contributed by atoms with Gasteiger partial charge in [-0.1, -0.05) is 170 Å². The van der Waals surface area contributed by atoms with Gasteiger partial charge in [-0.25, -0.2) is 0 Å². The molecule has 0 unspecified atom stereocenters. The number of hydrogen-bond acceptors (Lipinski definition) is 2. The van der Waals surface area contributed by atoms with Crippen LogP contribution >= 0.6 is 14.3 Å². The molecule has 6 rings (SSSR count). The van der Waals surface area contributed by atoms with Crippen LogP contribution in [0.5, 0.6) is 0 Å². The minimum atomic E-state index is -3.12. The molecule has 1 aliphatic carbocycles. The van der Waals surface area contributed by atoms with Crippen LogP contribution in [0.1, 0.15) is 12.0 Å². The molecule has 42 heavy (non-hydrogen) atoms. The third-order valence-electron chi connectivity index (χ3n) is 8.22. The standard InChI is InChI=1S/C38H34O2P2/c39-41(34-18-8-2-9-19-34,35-20-10-3-11-21-35)30-38(28-26-33(27-29-38)32-16-6-1-7-17-32)31-42(40,36-22-12-4-13-23-36)37-24-14-5-15-25-37/h1-28H,29-31H2. The van der Waals surface area contributed by atoms with Crippen molar-refractivity contribution < 1.29 is 9.13 Å². The first-order valence-electron chi connectivity index (χ1n) is 14.4. The Morgan fingerprint density at radius 1 is 0.476 bits per heavy atom. The summed E-state index contributed by atoms with van der Waals surface area (Å²) in [6, 6.07) is 49.7. The lowest BCUT2D eigenvalue weighted by Crippen LogP contribution is -2.36. The van der Waals surface area contributed by atoms with Crippen LogP contribution in [0.15, 0.2) is 170 Å². The van der Waals surface area contributed by atoms with Crippen LogP contribution in [0.25, 0.3) is 5.57 Å². The molecule has 0 heterocycles. The molecule has 0 amide bonds. The molecule has 0 aromatic heterocycles. The predicted molar refractivity (Wildman–Crippen MR) is 180 cm³/mol. The van der Waals surface area contributed by atoms with Crippen LogP contribution in [0.4, 0.5) is 0 Å². The zero-order valence-electron chi connectivity index (χ0n) is 23.5. The molecule has 208 valence electrons. The molecule has 0 spiro atoms. The quantitative estimate of drug-likeness (QED) is 0.164. The van der Waals surface area contributed by atoms with Gasteiger partial charge in [0.15, 0.2) is 0 Å². The molecule has 0 radical (unpaired) electrons. The Bertz CT molecular complexity index is 1590. The highest BCUT2D eigenvalue weighted by Crippen LogP contribution is 2.57. The fourth-order valence-corrected chi connectivity index (χ4v) is 12.7. The van der Waals surface area contributed by atoms with E-state index >= 15 is 9.13 Å². The molecule has 2 nitrogen and oxygen atoms in total. The Morgan fingerprint density at radius 3 is 1.12 bits per heavy atom. The minimum absolute atomic E-state index is 0.382. The van der Waals surface area contributed by atoms with Crippen LogP contribution in [0, 0.1) is 5.41 Å². The topological polar surface area (TPSA) is 34.1 Å². The fourth-order valence-electron chi connectivity index (χ4n) is 6.07. The Morgan fingerprint density at radius 2 is 0.810 bits per heavy atom. The second kappa shape index (κ2) is 12.1. The smallest absolute Gasteiger partial charge is 0.144 e. The van der Waals surface area contributed by atoms with E-state index in [1.807, 2.05) is 140 Å². The van der Waals surface area contributed by atoms with Gasteiger partial charge in [-0.05, 0) is 17.6 Å². The summed E-state index contributed by atoms with van der Waals surface area (Å²) < 4.78 is 30.9. The van der Waals surface area contributed by atoms with Gasteiger partial charge in [-0.3, -0.25) is 0 Å². The van der Waals surface area contributed by atoms with Crippen molar-refractivity contribution in [2.45, 2.75) is 6.42 Å². The Balaban J connectivity index is 1.51. The first kappa shape index (κ1) is 28.2. The van der Waals surface area contributed by atoms with E-state index < -0.39 is 19.7 Å². The maximum Gasteiger partial charge on any atom is 0.144 e. The minimum Gasteiger partial charge on any atom is -0.314 e. The van der Waals surface area contributed by atoms with Gasteiger partial charge in [0.05, 0.1) is 0 Å². The molecule has 0 atom stereocenters. The number of rotatable bonds is 9. The molecule has 0 aliphatic heterocycles. The van der Waals surface area contributed by atoms with E-state index in [9.17, 15) is 0 Å². The molecule has 0 fully saturated rings. The Labute approximate surface area is 249 Å². The maximum absolute atomic E-state index is 15.5. The highest BCUT2D eigenvalue weighted by atomic mass is 31.2. The van der Waals surface area contributed by atoms with E-state index in [1.165, 1.54) is 0 Å². The summed E-state index contributed by atoms with van der Waals surface area (Å²) in [4.78, 5) is 0. The van der Waals surface area contributed by atoms with E-state index in [1.54, 1.807) is 0 Å². The van der Waals surface area contributed by atoms with E-state index in [0.717, 1.165) is 32.4 Å². The van der Waals surface area contributed by atoms with E-state index in [2.05, 4.69) is 30.4 Å². The van der Waals surface area contributed by atoms with Crippen molar-refractivity contribution in [3.8, 4) is 0 Å². The molecule has 5 aromatic carbocycles. The van der Waals surface area contributed by atoms with Crippen molar-refractivity contribution in [3.05, 3.63) is 175 Å². The van der Waals surface area contributed by atoms with Crippen LogP contribution in [0.2, 0.25) is 0 Å². The summed E-state index contributed by atoms with van der Waals surface area (Å²) in [7, 11) is -6.24. The van der Waals surface area contributed by atoms with Gasteiger partial charge in [0.2, 0.25) is 0 Å². The molecular formula is C38H34O2P2. The first-order valence-corrected chi connectivity index (χ1v) is 18.1. The number of allylic oxidation sites excluding steroid dienone is 4. The maximum atomic E-state index is 15.5. The molecule has 0 N–H and O–H groups in total. The van der Waals surface area contributed by atoms with Gasteiger partial charge in [0.1, 0.15) is 14.3 Å². The third-order valence-corrected chi connectivity index (χ3v) is 14.9. The van der Waals surface area contributed by atoms with Crippen molar-refractivity contribution >= 4 is 41.1 Å². The van der Waals surface area contributed by atoms with Crippen molar-refractivity contribution in [3.63, 3.8) is 0 Å². The zero-order valence-corrected chi connectivity index (χ0v) is 25.3. The molecule has 0 saturated heterocycles. The highest BCUT2D eigenvalue weighted by Gasteiger charge is 2.44. The van der Waals surface area contributed by atoms with Crippen LogP contribution in [0.3, 0.4) is 0 Å². The lowest BCUT2D eigenvalue weighted by Gasteiger charge is -2.39. The van der Waals surface area contributed by atoms with Crippen molar-refractivity contribution in [1.82, 2.24) is 0 Å². The largest absolute Gasteiger partial charge is 0.314 e. The summed E-state index contributed by atoms with van der Waals surface area (Å²) in [6.45, 7) is 0. The highest BCUT2D eigenvalue weighted by molar-refractivity contribution is 7.79. The van der Waals surface area contributed by atoms with Crippen molar-refractivity contribution in [1.29, 1.82) is 0 Å². The monoisotopic (exact) mass is 584 g/mol. The third kappa shape index (κ3) is 5.71. The van der Waals surface area contributed by atoms with Gasteiger partial charge in [0, 0.05) is 39.0 Å². The zero-order chi connectivity index (χ0) is 28.9. The van der Waals surface area contributed by atoms with Crippen LogP contribution < -0.4 is 21.2 Å². The Kier molecular flexibility index (Phi) is 8.12. The van der Waals surface area contributed by atoms with Gasteiger partial charge in [-0.2, -0.15) is 0 Å². The molecule has 0 bridgehead atoms. The lowest BCUT2D eigenvalue weighted by atomic mass is 9.82. The summed E-state index contributed by atoms with van der Waals surface area (Å²) in [5.74, 6) is 0. The van der Waals surface area contributed by atoms with Crippen LogP contribution in [-0.4, -0.2) is 12.3 Å². The van der Waals surface area contributed by atoms with Gasteiger partial charge < -0.3 is 9.13 Å². The molecule has 4 heteroatoms. The summed E-state index contributed by atoms with van der Waals surface area (Å²) in [6.07, 6.45) is 8.02. The SMILES string of the molecule is O=P(CC1(CP(=O)(c2ccccc2)c2ccccc2)C=CC(c2ccccc2)=CC1)(c1ccccc1)c1ccccc1. The predicted octanol–water partition coefficient (Wildman–Crippen LogP) is 8.04. The van der Waals surface area contributed by atoms with Gasteiger partial charge in [0.25, 0.3) is 0 Å². The average Bonchev–Trinajstić information content (AvgIpc) is 3.07. The fraction of sp³-hybridized carbons (Fsp3) is 0.105. The average molecular weight is 585 g/mol. The summed E-state index contributed by atoms with van der Waals surface area (Å²) in [5.41, 5.74) is 1.67. The molecular weight excluding hydrogens is 550 g/mol. The van der Waals surface area contributed by atoms with E-state index in [0.29, 0.717) is 18.7 Å². The molecule has 5 aromatic rings. The number of benzene rings is 5. The second-order valence-corrected chi connectivity index (χ2v) is 16.7. The first-order chi connectivity index (χ1) is 20.5. The van der Waals surface area contributed by atoms with E-state index in [-0.39, 0.29) is 0 Å². The molecule has 1 aliphatic rings. The number of hydrogen-bond donors (Lipinski definition) is 0. The van der Waals surface area contributed by atoms with Gasteiger partial charge >= 0.3 is 0 Å². The Hall–Kier alpha value is -3.96. The summed E-state index contributed by atoms with van der Waals surface area (Å²) >= 11 is 0. The van der Waals surface area contributed by atoms with E-state index in [4.69, 9.17) is 0 Å². The normalized spacial score (nSPS) is 14.7. The summed E-state index contributed by atoms with van der Waals surface area (Å²) in [5, 5.41) is 3.32. The van der Waals surface area contributed by atoms with Crippen molar-refractivity contribution in [2.75, 3.05) is 12.3 Å². The second-order valence-electron chi connectivity index (χ2n) is 11.1.